The number of ether oxygens (including phenoxy) is 1. The van der Waals surface area contributed by atoms with Crippen molar-refractivity contribution in [3.63, 3.8) is 0 Å². The van der Waals surface area contributed by atoms with E-state index in [4.69, 9.17) is 4.74 Å². The predicted molar refractivity (Wildman–Crippen MR) is 71.7 cm³/mol. The molecule has 0 spiro atoms. The molecular formula is C15H22NO3+. The van der Waals surface area contributed by atoms with E-state index in [1.54, 1.807) is 7.05 Å². The number of quaternary nitrogens is 1. The Balaban J connectivity index is 2.33. The molecule has 4 nitrogen and oxygen atoms in total. The van der Waals surface area contributed by atoms with E-state index >= 15 is 0 Å². The van der Waals surface area contributed by atoms with Crippen LogP contribution in [0.4, 0.5) is 0 Å². The lowest BCUT2D eigenvalue weighted by Crippen LogP contribution is -2.54. The number of esters is 1. The number of rotatable bonds is 3. The second-order valence-electron chi connectivity index (χ2n) is 5.45. The molecule has 1 aromatic carbocycles. The van der Waals surface area contributed by atoms with Crippen LogP contribution >= 0.6 is 0 Å². The van der Waals surface area contributed by atoms with Gasteiger partial charge in [0.2, 0.25) is 0 Å². The Bertz CT molecular complexity index is 432. The predicted octanol–water partition coefficient (Wildman–Crippen LogP) is 2.12. The van der Waals surface area contributed by atoms with Gasteiger partial charge in [-0.05, 0) is 12.5 Å². The van der Waals surface area contributed by atoms with Crippen LogP contribution in [0.3, 0.4) is 0 Å². The zero-order valence-electron chi connectivity index (χ0n) is 11.6. The van der Waals surface area contributed by atoms with Gasteiger partial charge in [-0.25, -0.2) is 5.21 Å². The van der Waals surface area contributed by atoms with Gasteiger partial charge < -0.3 is 4.74 Å². The Morgan fingerprint density at radius 3 is 2.42 bits per heavy atom. The molecule has 0 saturated carbocycles. The molecule has 104 valence electrons. The molecule has 1 fully saturated rings. The zero-order valence-corrected chi connectivity index (χ0v) is 11.6. The molecule has 0 radical (unpaired) electrons. The standard InChI is InChI=1S/C15H22NO3/c1-3-19-14(17)15(13-7-5-4-6-8-13)9-11-16(2,18)12-10-15/h4-8,18H,3,9-12H2,1-2H3/q+1. The molecule has 19 heavy (non-hydrogen) atoms. The van der Waals surface area contributed by atoms with Crippen molar-refractivity contribution in [3.8, 4) is 0 Å². The summed E-state index contributed by atoms with van der Waals surface area (Å²) in [5, 5.41) is 10.1. The summed E-state index contributed by atoms with van der Waals surface area (Å²) in [7, 11) is 1.78. The van der Waals surface area contributed by atoms with Crippen LogP contribution in [0.15, 0.2) is 30.3 Å². The molecule has 1 aromatic rings. The van der Waals surface area contributed by atoms with Crippen LogP contribution in [0.25, 0.3) is 0 Å². The van der Waals surface area contributed by atoms with Crippen molar-refractivity contribution in [2.24, 2.45) is 0 Å². The number of benzene rings is 1. The first-order chi connectivity index (χ1) is 9.00. The summed E-state index contributed by atoms with van der Waals surface area (Å²) in [5.41, 5.74) is 0.394. The van der Waals surface area contributed by atoms with Gasteiger partial charge in [-0.2, -0.15) is 4.65 Å². The molecule has 0 bridgehead atoms. The lowest BCUT2D eigenvalue weighted by molar-refractivity contribution is -1.09. The fraction of sp³-hybridized carbons (Fsp3) is 0.533. The third-order valence-corrected chi connectivity index (χ3v) is 4.03. The number of carbonyl (C=O) groups is 1. The summed E-state index contributed by atoms with van der Waals surface area (Å²) in [6.07, 6.45) is 1.23. The van der Waals surface area contributed by atoms with Gasteiger partial charge in [0, 0.05) is 12.8 Å². The highest BCUT2D eigenvalue weighted by molar-refractivity contribution is 5.83. The lowest BCUT2D eigenvalue weighted by atomic mass is 9.72. The summed E-state index contributed by atoms with van der Waals surface area (Å²) < 4.78 is 5.26. The molecule has 4 heteroatoms. The van der Waals surface area contributed by atoms with Gasteiger partial charge in [0.15, 0.2) is 0 Å². The second-order valence-corrected chi connectivity index (χ2v) is 5.45. The average molecular weight is 264 g/mol. The van der Waals surface area contributed by atoms with E-state index in [2.05, 4.69) is 0 Å². The number of nitrogens with zero attached hydrogens (tertiary/aromatic N) is 1. The molecule has 0 aliphatic carbocycles. The molecule has 0 unspecified atom stereocenters. The van der Waals surface area contributed by atoms with E-state index in [0.29, 0.717) is 32.5 Å². The van der Waals surface area contributed by atoms with Crippen molar-refractivity contribution < 1.29 is 19.4 Å². The first-order valence-electron chi connectivity index (χ1n) is 6.80. The Hall–Kier alpha value is -1.39. The molecule has 1 saturated heterocycles. The fourth-order valence-electron chi connectivity index (χ4n) is 2.74. The van der Waals surface area contributed by atoms with Gasteiger partial charge in [-0.15, -0.1) is 0 Å². The van der Waals surface area contributed by atoms with Crippen LogP contribution in [0.5, 0.6) is 0 Å². The highest BCUT2D eigenvalue weighted by atomic mass is 16.5. The van der Waals surface area contributed by atoms with Crippen molar-refractivity contribution in [1.29, 1.82) is 0 Å². The first kappa shape index (κ1) is 14.0. The molecule has 1 aliphatic heterocycles. The summed E-state index contributed by atoms with van der Waals surface area (Å²) in [6.45, 7) is 3.34. The lowest BCUT2D eigenvalue weighted by Gasteiger charge is -2.40. The smallest absolute Gasteiger partial charge is 0.317 e. The van der Waals surface area contributed by atoms with Crippen molar-refractivity contribution in [1.82, 2.24) is 0 Å². The van der Waals surface area contributed by atoms with E-state index in [-0.39, 0.29) is 10.6 Å². The van der Waals surface area contributed by atoms with Gasteiger partial charge in [0.1, 0.15) is 18.5 Å². The molecule has 1 aliphatic rings. The second kappa shape index (κ2) is 5.31. The third-order valence-electron chi connectivity index (χ3n) is 4.03. The monoisotopic (exact) mass is 264 g/mol. The summed E-state index contributed by atoms with van der Waals surface area (Å²) >= 11 is 0. The Labute approximate surface area is 114 Å². The molecule has 0 amide bonds. The van der Waals surface area contributed by atoms with E-state index in [1.165, 1.54) is 0 Å². The minimum atomic E-state index is -0.599. The van der Waals surface area contributed by atoms with Gasteiger partial charge in [0.05, 0.1) is 13.7 Å². The van der Waals surface area contributed by atoms with Gasteiger partial charge in [-0.1, -0.05) is 30.3 Å². The number of carbonyl (C=O) groups excluding carboxylic acids is 1. The van der Waals surface area contributed by atoms with Crippen molar-refractivity contribution >= 4 is 5.97 Å². The van der Waals surface area contributed by atoms with Gasteiger partial charge in [-0.3, -0.25) is 4.79 Å². The Kier molecular flexibility index (Phi) is 3.92. The maximum atomic E-state index is 12.4. The van der Waals surface area contributed by atoms with Gasteiger partial charge >= 0.3 is 5.97 Å². The van der Waals surface area contributed by atoms with Crippen LogP contribution < -0.4 is 0 Å². The first-order valence-corrected chi connectivity index (χ1v) is 6.80. The van der Waals surface area contributed by atoms with Crippen molar-refractivity contribution in [3.05, 3.63) is 35.9 Å². The van der Waals surface area contributed by atoms with E-state index < -0.39 is 5.41 Å². The summed E-state index contributed by atoms with van der Waals surface area (Å²) in [6, 6.07) is 9.78. The van der Waals surface area contributed by atoms with E-state index in [1.807, 2.05) is 37.3 Å². The third kappa shape index (κ3) is 2.80. The fourth-order valence-corrected chi connectivity index (χ4v) is 2.74. The number of hydrogen-bond acceptors (Lipinski definition) is 3. The Morgan fingerprint density at radius 2 is 1.89 bits per heavy atom. The Morgan fingerprint density at radius 1 is 1.32 bits per heavy atom. The zero-order chi connectivity index (χ0) is 13.9. The van der Waals surface area contributed by atoms with Gasteiger partial charge in [0.25, 0.3) is 0 Å². The van der Waals surface area contributed by atoms with Crippen LogP contribution in [-0.2, 0) is 14.9 Å². The minimum absolute atomic E-state index is 0.0199. The molecule has 1 heterocycles. The number of piperidine rings is 1. The average Bonchev–Trinajstić information content (AvgIpc) is 2.40. The normalized spacial score (nSPS) is 30.9. The number of hydrogen-bond donors (Lipinski definition) is 1. The summed E-state index contributed by atoms with van der Waals surface area (Å²) in [4.78, 5) is 12.4. The van der Waals surface area contributed by atoms with Crippen LogP contribution in [0.1, 0.15) is 25.3 Å². The highest BCUT2D eigenvalue weighted by Crippen LogP contribution is 2.38. The maximum absolute atomic E-state index is 12.4. The molecule has 0 atom stereocenters. The number of hydroxylamine groups is 3. The number of likely N-dealkylation sites (tertiary alicyclic amines) is 1. The minimum Gasteiger partial charge on any atom is -0.465 e. The van der Waals surface area contributed by atoms with Crippen LogP contribution in [0.2, 0.25) is 0 Å². The van der Waals surface area contributed by atoms with E-state index in [0.717, 1.165) is 5.56 Å². The summed E-state index contributed by atoms with van der Waals surface area (Å²) in [5.74, 6) is -0.166. The van der Waals surface area contributed by atoms with E-state index in [9.17, 15) is 10.0 Å². The molecule has 1 N–H and O–H groups in total. The van der Waals surface area contributed by atoms with Crippen LogP contribution in [-0.4, -0.2) is 42.6 Å². The molecular weight excluding hydrogens is 242 g/mol. The molecule has 2 rings (SSSR count). The van der Waals surface area contributed by atoms with Crippen molar-refractivity contribution in [2.45, 2.75) is 25.2 Å². The largest absolute Gasteiger partial charge is 0.465 e. The van der Waals surface area contributed by atoms with Crippen molar-refractivity contribution in [2.75, 3.05) is 26.7 Å². The topological polar surface area (TPSA) is 46.5 Å². The highest BCUT2D eigenvalue weighted by Gasteiger charge is 2.48. The molecule has 0 aromatic heterocycles. The van der Waals surface area contributed by atoms with Crippen LogP contribution in [0, 0.1) is 0 Å². The SMILES string of the molecule is CCOC(=O)C1(c2ccccc2)CC[N+](C)(O)CC1. The maximum Gasteiger partial charge on any atom is 0.317 e. The quantitative estimate of drug-likeness (QED) is 0.672.